The molecule has 0 aliphatic heterocycles. The minimum Gasteiger partial charge on any atom is -0.309 e. The standard InChI is InChI=1S/C16H17F2N/c1-12-2-4-13(5-3-12)10-19-11-14-6-8-15(9-7-14)16(17)18/h2-9,16,19H,10-11H2,1H3. The molecule has 1 N–H and O–H groups in total. The van der Waals surface area contributed by atoms with Crippen LogP contribution in [0.15, 0.2) is 48.5 Å². The zero-order chi connectivity index (χ0) is 13.7. The van der Waals surface area contributed by atoms with Crippen LogP contribution in [0.3, 0.4) is 0 Å². The summed E-state index contributed by atoms with van der Waals surface area (Å²) in [6.45, 7) is 3.51. The summed E-state index contributed by atoms with van der Waals surface area (Å²) in [4.78, 5) is 0. The zero-order valence-corrected chi connectivity index (χ0v) is 10.9. The average Bonchev–Trinajstić information content (AvgIpc) is 2.41. The SMILES string of the molecule is Cc1ccc(CNCc2ccc(C(F)F)cc2)cc1. The minimum atomic E-state index is -2.39. The second-order valence-electron chi connectivity index (χ2n) is 4.63. The average molecular weight is 261 g/mol. The van der Waals surface area contributed by atoms with Gasteiger partial charge >= 0.3 is 0 Å². The van der Waals surface area contributed by atoms with Crippen LogP contribution in [0.4, 0.5) is 8.78 Å². The molecule has 19 heavy (non-hydrogen) atoms. The van der Waals surface area contributed by atoms with Crippen molar-refractivity contribution in [1.82, 2.24) is 5.32 Å². The molecule has 0 radical (unpaired) electrons. The maximum atomic E-state index is 12.4. The Kier molecular flexibility index (Phi) is 4.63. The van der Waals surface area contributed by atoms with Gasteiger partial charge in [-0.3, -0.25) is 0 Å². The topological polar surface area (TPSA) is 12.0 Å². The zero-order valence-electron chi connectivity index (χ0n) is 10.9. The van der Waals surface area contributed by atoms with Gasteiger partial charge in [0.05, 0.1) is 0 Å². The molecule has 2 rings (SSSR count). The van der Waals surface area contributed by atoms with E-state index in [-0.39, 0.29) is 5.56 Å². The van der Waals surface area contributed by atoms with Crippen LogP contribution in [0.25, 0.3) is 0 Å². The van der Waals surface area contributed by atoms with Gasteiger partial charge in [0.2, 0.25) is 0 Å². The van der Waals surface area contributed by atoms with Crippen molar-refractivity contribution in [1.29, 1.82) is 0 Å². The Bertz CT molecular complexity index is 503. The molecule has 0 saturated carbocycles. The van der Waals surface area contributed by atoms with Gasteiger partial charge in [-0.25, -0.2) is 8.78 Å². The first-order chi connectivity index (χ1) is 9.15. The van der Waals surface area contributed by atoms with Crippen LogP contribution in [0.2, 0.25) is 0 Å². The maximum absolute atomic E-state index is 12.4. The van der Waals surface area contributed by atoms with Crippen LogP contribution in [0, 0.1) is 6.92 Å². The number of aryl methyl sites for hydroxylation is 1. The largest absolute Gasteiger partial charge is 0.309 e. The molecule has 0 aliphatic carbocycles. The van der Waals surface area contributed by atoms with Gasteiger partial charge in [-0.2, -0.15) is 0 Å². The summed E-state index contributed by atoms with van der Waals surface area (Å²) in [7, 11) is 0. The van der Waals surface area contributed by atoms with Gasteiger partial charge in [-0.05, 0) is 18.1 Å². The third-order valence-electron chi connectivity index (χ3n) is 3.01. The highest BCUT2D eigenvalue weighted by molar-refractivity contribution is 5.24. The summed E-state index contributed by atoms with van der Waals surface area (Å²) < 4.78 is 24.8. The lowest BCUT2D eigenvalue weighted by atomic mass is 10.1. The summed E-state index contributed by atoms with van der Waals surface area (Å²) in [5.41, 5.74) is 3.54. The van der Waals surface area contributed by atoms with Crippen molar-refractivity contribution >= 4 is 0 Å². The van der Waals surface area contributed by atoms with Crippen molar-refractivity contribution in [3.05, 3.63) is 70.8 Å². The van der Waals surface area contributed by atoms with Gasteiger partial charge in [0.25, 0.3) is 6.43 Å². The van der Waals surface area contributed by atoms with Gasteiger partial charge in [-0.1, -0.05) is 54.1 Å². The van der Waals surface area contributed by atoms with Gasteiger partial charge in [0, 0.05) is 18.7 Å². The van der Waals surface area contributed by atoms with E-state index in [9.17, 15) is 8.78 Å². The number of rotatable bonds is 5. The van der Waals surface area contributed by atoms with E-state index in [2.05, 4.69) is 36.5 Å². The fraction of sp³-hybridized carbons (Fsp3) is 0.250. The van der Waals surface area contributed by atoms with E-state index in [1.165, 1.54) is 23.3 Å². The third-order valence-corrected chi connectivity index (χ3v) is 3.01. The lowest BCUT2D eigenvalue weighted by molar-refractivity contribution is 0.151. The minimum absolute atomic E-state index is 0.0716. The molecule has 3 heteroatoms. The highest BCUT2D eigenvalue weighted by Crippen LogP contribution is 2.18. The van der Waals surface area contributed by atoms with E-state index in [4.69, 9.17) is 0 Å². The number of benzene rings is 2. The quantitative estimate of drug-likeness (QED) is 0.849. The number of nitrogens with one attached hydrogen (secondary N) is 1. The molecule has 0 spiro atoms. The van der Waals surface area contributed by atoms with E-state index in [1.807, 2.05) is 0 Å². The molecule has 2 aromatic rings. The van der Waals surface area contributed by atoms with E-state index < -0.39 is 6.43 Å². The van der Waals surface area contributed by atoms with Crippen molar-refractivity contribution in [2.45, 2.75) is 26.4 Å². The number of halogens is 2. The molecule has 0 fully saturated rings. The molecule has 2 aromatic carbocycles. The van der Waals surface area contributed by atoms with Crippen LogP contribution < -0.4 is 5.32 Å². The molecule has 0 heterocycles. The van der Waals surface area contributed by atoms with Crippen LogP contribution in [0.5, 0.6) is 0 Å². The molecule has 0 atom stereocenters. The van der Waals surface area contributed by atoms with E-state index in [1.54, 1.807) is 12.1 Å². The molecule has 1 nitrogen and oxygen atoms in total. The summed E-state index contributed by atoms with van der Waals surface area (Å²) in [6, 6.07) is 14.8. The summed E-state index contributed by atoms with van der Waals surface area (Å²) in [5, 5.41) is 3.30. The van der Waals surface area contributed by atoms with Crippen molar-refractivity contribution in [3.8, 4) is 0 Å². The number of alkyl halides is 2. The highest BCUT2D eigenvalue weighted by atomic mass is 19.3. The predicted octanol–water partition coefficient (Wildman–Crippen LogP) is 4.22. The Hall–Kier alpha value is -1.74. The second-order valence-corrected chi connectivity index (χ2v) is 4.63. The molecule has 0 aliphatic rings. The van der Waals surface area contributed by atoms with E-state index in [0.29, 0.717) is 6.54 Å². The molecular formula is C16H17F2N. The second kappa shape index (κ2) is 6.43. The summed E-state index contributed by atoms with van der Waals surface area (Å²) >= 11 is 0. The van der Waals surface area contributed by atoms with Crippen molar-refractivity contribution < 1.29 is 8.78 Å². The van der Waals surface area contributed by atoms with Crippen LogP contribution in [-0.2, 0) is 13.1 Å². The Labute approximate surface area is 112 Å². The van der Waals surface area contributed by atoms with Crippen LogP contribution >= 0.6 is 0 Å². The van der Waals surface area contributed by atoms with Crippen molar-refractivity contribution in [2.75, 3.05) is 0 Å². The molecule has 0 bridgehead atoms. The Morgan fingerprint density at radius 3 is 1.79 bits per heavy atom. The monoisotopic (exact) mass is 261 g/mol. The Morgan fingerprint density at radius 2 is 1.32 bits per heavy atom. The molecular weight excluding hydrogens is 244 g/mol. The number of hydrogen-bond acceptors (Lipinski definition) is 1. The van der Waals surface area contributed by atoms with Gasteiger partial charge in [-0.15, -0.1) is 0 Å². The first kappa shape index (κ1) is 13.7. The first-order valence-electron chi connectivity index (χ1n) is 6.28. The fourth-order valence-electron chi connectivity index (χ4n) is 1.84. The first-order valence-corrected chi connectivity index (χ1v) is 6.28. The maximum Gasteiger partial charge on any atom is 0.263 e. The predicted molar refractivity (Wildman–Crippen MR) is 73.1 cm³/mol. The molecule has 0 aromatic heterocycles. The van der Waals surface area contributed by atoms with E-state index in [0.717, 1.165) is 12.1 Å². The van der Waals surface area contributed by atoms with E-state index >= 15 is 0 Å². The Balaban J connectivity index is 1.83. The normalized spacial score (nSPS) is 10.9. The molecule has 0 saturated heterocycles. The Morgan fingerprint density at radius 1 is 0.842 bits per heavy atom. The van der Waals surface area contributed by atoms with Crippen LogP contribution in [-0.4, -0.2) is 0 Å². The van der Waals surface area contributed by atoms with Gasteiger partial charge in [0.1, 0.15) is 0 Å². The lowest BCUT2D eigenvalue weighted by Gasteiger charge is -2.06. The van der Waals surface area contributed by atoms with Crippen LogP contribution in [0.1, 0.15) is 28.7 Å². The molecule has 0 amide bonds. The summed E-state index contributed by atoms with van der Waals surface area (Å²) in [6.07, 6.45) is -2.39. The highest BCUT2D eigenvalue weighted by Gasteiger charge is 2.05. The lowest BCUT2D eigenvalue weighted by Crippen LogP contribution is -2.12. The van der Waals surface area contributed by atoms with Gasteiger partial charge < -0.3 is 5.32 Å². The van der Waals surface area contributed by atoms with Crippen molar-refractivity contribution in [2.24, 2.45) is 0 Å². The molecule has 100 valence electrons. The molecule has 0 unspecified atom stereocenters. The number of hydrogen-bond donors (Lipinski definition) is 1. The smallest absolute Gasteiger partial charge is 0.263 e. The fourth-order valence-corrected chi connectivity index (χ4v) is 1.84. The third kappa shape index (κ3) is 4.14. The van der Waals surface area contributed by atoms with Crippen molar-refractivity contribution in [3.63, 3.8) is 0 Å². The van der Waals surface area contributed by atoms with Gasteiger partial charge in [0.15, 0.2) is 0 Å². The summed E-state index contributed by atoms with van der Waals surface area (Å²) in [5.74, 6) is 0.